The fourth-order valence-electron chi connectivity index (χ4n) is 3.45. The van der Waals surface area contributed by atoms with Crippen molar-refractivity contribution in [2.75, 3.05) is 18.6 Å². The van der Waals surface area contributed by atoms with Crippen LogP contribution in [0.4, 0.5) is 5.13 Å². The predicted molar refractivity (Wildman–Crippen MR) is 126 cm³/mol. The van der Waals surface area contributed by atoms with Crippen LogP contribution in [0.15, 0.2) is 46.3 Å². The minimum absolute atomic E-state index is 0.0683. The number of thiazole rings is 1. The minimum Gasteiger partial charge on any atom is -0.490 e. The molecule has 1 saturated heterocycles. The Morgan fingerprint density at radius 1 is 1.40 bits per heavy atom. The lowest BCUT2D eigenvalue weighted by molar-refractivity contribution is -0.150. The molecule has 2 aliphatic rings. The number of hydrogen-bond donors (Lipinski definition) is 3. The number of nitrogens with zero attached hydrogens (tertiary/aromatic N) is 4. The fourth-order valence-corrected chi connectivity index (χ4v) is 5.27. The van der Waals surface area contributed by atoms with Gasteiger partial charge >= 0.3 is 5.97 Å². The van der Waals surface area contributed by atoms with Gasteiger partial charge in [0, 0.05) is 5.38 Å². The Morgan fingerprint density at radius 2 is 2.14 bits per heavy atom. The molecule has 0 aliphatic carbocycles. The first kappa shape index (κ1) is 24.0. The molecule has 4 rings (SSSR count). The van der Waals surface area contributed by atoms with Gasteiger partial charge in [-0.3, -0.25) is 14.5 Å². The number of nitrogens with two attached hydrogens (primary N) is 1. The average molecular weight is 515 g/mol. The van der Waals surface area contributed by atoms with Gasteiger partial charge in [-0.1, -0.05) is 17.3 Å². The van der Waals surface area contributed by atoms with Crippen LogP contribution in [-0.2, 0) is 30.6 Å². The summed E-state index contributed by atoms with van der Waals surface area (Å²) < 4.78 is 5.72. The summed E-state index contributed by atoms with van der Waals surface area (Å²) in [5, 5.41) is 26.1. The van der Waals surface area contributed by atoms with E-state index in [0.29, 0.717) is 5.56 Å². The smallest absolute Gasteiger partial charge is 0.356 e. The van der Waals surface area contributed by atoms with E-state index >= 15 is 0 Å². The molecule has 1 fully saturated rings. The van der Waals surface area contributed by atoms with Crippen LogP contribution in [0.2, 0.25) is 0 Å². The number of fused-ring (bicyclic) bond motifs is 1. The molecular formula is C21H18N6O6S2. The maximum atomic E-state index is 12.9. The van der Waals surface area contributed by atoms with Crippen molar-refractivity contribution in [1.29, 1.82) is 5.26 Å². The number of nitriles is 1. The predicted octanol–water partition coefficient (Wildman–Crippen LogP) is 0.860. The number of oxime groups is 1. The van der Waals surface area contributed by atoms with Crippen LogP contribution in [0.25, 0.3) is 0 Å². The quantitative estimate of drug-likeness (QED) is 0.260. The highest BCUT2D eigenvalue weighted by Crippen LogP contribution is 2.40. The molecule has 35 heavy (non-hydrogen) atoms. The summed E-state index contributed by atoms with van der Waals surface area (Å²) in [5.74, 6) is -2.30. The number of anilines is 1. The van der Waals surface area contributed by atoms with Gasteiger partial charge in [-0.2, -0.15) is 5.26 Å². The number of hydrogen-bond acceptors (Lipinski definition) is 11. The normalized spacial score (nSPS) is 19.4. The van der Waals surface area contributed by atoms with Crippen molar-refractivity contribution in [2.24, 2.45) is 5.16 Å². The number of carboxylic acid groups (broad SMARTS) is 1. The summed E-state index contributed by atoms with van der Waals surface area (Å²) in [6, 6.07) is 7.71. The molecule has 0 radical (unpaired) electrons. The molecule has 4 N–H and O–H groups in total. The zero-order valence-corrected chi connectivity index (χ0v) is 19.8. The zero-order valence-electron chi connectivity index (χ0n) is 18.1. The van der Waals surface area contributed by atoms with Crippen molar-refractivity contribution in [3.63, 3.8) is 0 Å². The summed E-state index contributed by atoms with van der Waals surface area (Å²) >= 11 is 2.37. The number of thioether (sulfide) groups is 1. The Kier molecular flexibility index (Phi) is 6.90. The van der Waals surface area contributed by atoms with E-state index in [1.165, 1.54) is 24.3 Å². The van der Waals surface area contributed by atoms with Gasteiger partial charge in [0.25, 0.3) is 11.8 Å². The Bertz CT molecular complexity index is 1280. The van der Waals surface area contributed by atoms with Crippen molar-refractivity contribution in [3.8, 4) is 6.07 Å². The molecule has 3 heterocycles. The molecule has 1 aromatic carbocycles. The second-order valence-corrected chi connectivity index (χ2v) is 9.22. The first-order valence-corrected chi connectivity index (χ1v) is 11.9. The summed E-state index contributed by atoms with van der Waals surface area (Å²) in [6.45, 7) is 0.0683. The number of β-lactam (4-membered cyclic amide) rings is 1. The molecule has 2 atom stereocenters. The number of amides is 2. The second kappa shape index (κ2) is 10.0. The first-order valence-electron chi connectivity index (χ1n) is 10.0. The molecule has 180 valence electrons. The van der Waals surface area contributed by atoms with Crippen molar-refractivity contribution in [1.82, 2.24) is 15.2 Å². The van der Waals surface area contributed by atoms with E-state index in [4.69, 9.17) is 20.6 Å². The van der Waals surface area contributed by atoms with Gasteiger partial charge in [-0.05, 0) is 17.7 Å². The Balaban J connectivity index is 1.48. The zero-order chi connectivity index (χ0) is 25.1. The average Bonchev–Trinajstić information content (AvgIpc) is 3.29. The molecular weight excluding hydrogens is 496 g/mol. The third-order valence-corrected chi connectivity index (χ3v) is 7.01. The van der Waals surface area contributed by atoms with Crippen molar-refractivity contribution < 1.29 is 29.1 Å². The van der Waals surface area contributed by atoms with E-state index in [9.17, 15) is 19.5 Å². The van der Waals surface area contributed by atoms with Crippen molar-refractivity contribution in [3.05, 3.63) is 57.9 Å². The van der Waals surface area contributed by atoms with Crippen LogP contribution in [0.3, 0.4) is 0 Å². The van der Waals surface area contributed by atoms with Gasteiger partial charge < -0.3 is 25.7 Å². The lowest BCUT2D eigenvalue weighted by atomic mass is 10.0. The van der Waals surface area contributed by atoms with Gasteiger partial charge in [0.2, 0.25) is 0 Å². The van der Waals surface area contributed by atoms with Gasteiger partial charge in [0.15, 0.2) is 16.5 Å². The Hall–Kier alpha value is -4.09. The number of carbonyl (C=O) groups excluding carboxylic acids is 2. The third kappa shape index (κ3) is 4.77. The number of nitrogens with one attached hydrogen (secondary N) is 1. The lowest BCUT2D eigenvalue weighted by Gasteiger charge is -2.48. The van der Waals surface area contributed by atoms with Crippen LogP contribution >= 0.6 is 23.1 Å². The van der Waals surface area contributed by atoms with E-state index in [-0.39, 0.29) is 40.4 Å². The fraction of sp³-hybridized carbons (Fsp3) is 0.238. The Morgan fingerprint density at radius 3 is 2.74 bits per heavy atom. The van der Waals surface area contributed by atoms with Crippen LogP contribution in [0.5, 0.6) is 0 Å². The number of carbonyl (C=O) groups is 3. The Labute approximate surface area is 207 Å². The summed E-state index contributed by atoms with van der Waals surface area (Å²) in [7, 11) is 1.26. The third-order valence-electron chi connectivity index (χ3n) is 5.08. The van der Waals surface area contributed by atoms with Crippen LogP contribution in [0, 0.1) is 11.3 Å². The monoisotopic (exact) mass is 514 g/mol. The molecule has 1 aromatic heterocycles. The largest absolute Gasteiger partial charge is 0.490 e. The van der Waals surface area contributed by atoms with E-state index in [2.05, 4.69) is 15.5 Å². The second-order valence-electron chi connectivity index (χ2n) is 7.23. The molecule has 0 unspecified atom stereocenters. The number of rotatable bonds is 8. The number of benzene rings is 1. The van der Waals surface area contributed by atoms with E-state index < -0.39 is 29.2 Å². The van der Waals surface area contributed by atoms with Gasteiger partial charge in [0.05, 0.1) is 17.4 Å². The molecule has 0 saturated carbocycles. The minimum atomic E-state index is -1.32. The number of nitrogen functional groups attached to an aromatic ring is 1. The van der Waals surface area contributed by atoms with Crippen molar-refractivity contribution in [2.45, 2.75) is 18.0 Å². The molecule has 0 bridgehead atoms. The van der Waals surface area contributed by atoms with Crippen LogP contribution < -0.4 is 11.1 Å². The molecule has 2 aromatic rings. The highest BCUT2D eigenvalue weighted by Gasteiger charge is 2.55. The van der Waals surface area contributed by atoms with Crippen LogP contribution in [-0.4, -0.2) is 62.8 Å². The number of carboxylic acids is 1. The number of aromatic nitrogens is 1. The molecule has 0 spiro atoms. The highest BCUT2D eigenvalue weighted by atomic mass is 32.2. The van der Waals surface area contributed by atoms with E-state index in [0.717, 1.165) is 21.8 Å². The molecule has 14 heteroatoms. The highest BCUT2D eigenvalue weighted by molar-refractivity contribution is 8.00. The maximum Gasteiger partial charge on any atom is 0.356 e. The van der Waals surface area contributed by atoms with Gasteiger partial charge in [-0.15, -0.1) is 23.1 Å². The van der Waals surface area contributed by atoms with E-state index in [1.54, 1.807) is 24.3 Å². The van der Waals surface area contributed by atoms with Gasteiger partial charge in [0.1, 0.15) is 36.6 Å². The summed E-state index contributed by atoms with van der Waals surface area (Å²) in [4.78, 5) is 47.5. The number of aliphatic carboxylic acids is 1. The van der Waals surface area contributed by atoms with Crippen LogP contribution in [0.1, 0.15) is 16.8 Å². The summed E-state index contributed by atoms with van der Waals surface area (Å²) in [6.07, 6.45) is 0. The van der Waals surface area contributed by atoms with Gasteiger partial charge in [-0.25, -0.2) is 9.78 Å². The number of ether oxygens (including phenoxy) is 1. The van der Waals surface area contributed by atoms with E-state index in [1.807, 2.05) is 6.07 Å². The maximum absolute atomic E-state index is 12.9. The molecule has 2 aliphatic heterocycles. The van der Waals surface area contributed by atoms with Crippen molar-refractivity contribution >= 4 is 51.7 Å². The standard InChI is InChI=1S/C21H18N6O6S2/c1-32-26-14(12-8-35-21(23)24-12)17(28)25-15-18(29)27-16(20(30)31)13(9-34-19(15)27)33-7-11-4-2-10(6-22)3-5-11/h2-5,8,15,19H,7,9H2,1H3,(H2,23,24)(H,25,28)(H,30,31)/b26-14+/t15-,19-/m1/s1. The molecule has 2 amide bonds. The molecule has 12 nitrogen and oxygen atoms in total. The first-order chi connectivity index (χ1) is 16.8. The SMILES string of the molecule is CO/N=C(/C(=O)N[C@@H]1C(=O)N2C(C(=O)O)=C(OCc3ccc(C#N)cc3)CS[C@H]12)c1csc(N)n1. The summed E-state index contributed by atoms with van der Waals surface area (Å²) in [5.41, 5.74) is 6.62. The topological polar surface area (TPSA) is 180 Å². The lowest BCUT2D eigenvalue weighted by Crippen LogP contribution is -2.71.